The molecule has 2 aromatic carbocycles. The van der Waals surface area contributed by atoms with Crippen molar-refractivity contribution in [1.29, 1.82) is 0 Å². The molecule has 108 valence electrons. The van der Waals surface area contributed by atoms with Gasteiger partial charge in [0.2, 0.25) is 11.7 Å². The topological polar surface area (TPSA) is 69.4 Å². The molecule has 0 fully saturated rings. The van der Waals surface area contributed by atoms with Gasteiger partial charge >= 0.3 is 0 Å². The van der Waals surface area contributed by atoms with Gasteiger partial charge in [0.1, 0.15) is 5.75 Å². The van der Waals surface area contributed by atoms with Gasteiger partial charge in [-0.2, -0.15) is 0 Å². The van der Waals surface area contributed by atoms with E-state index in [1.165, 1.54) is 6.07 Å². The maximum atomic E-state index is 12.2. The van der Waals surface area contributed by atoms with Gasteiger partial charge in [-0.1, -0.05) is 17.7 Å². The Labute approximate surface area is 127 Å². The molecule has 0 aliphatic rings. The van der Waals surface area contributed by atoms with Crippen LogP contribution in [0.3, 0.4) is 0 Å². The van der Waals surface area contributed by atoms with E-state index >= 15 is 0 Å². The number of carbonyl (C=O) groups is 2. The zero-order chi connectivity index (χ0) is 15.4. The van der Waals surface area contributed by atoms with Crippen molar-refractivity contribution in [2.75, 3.05) is 0 Å². The van der Waals surface area contributed by atoms with Crippen molar-refractivity contribution in [3.63, 3.8) is 0 Å². The first kappa shape index (κ1) is 15.1. The van der Waals surface area contributed by atoms with Gasteiger partial charge in [0.05, 0.1) is 0 Å². The highest BCUT2D eigenvalue weighted by atomic mass is 35.5. The minimum Gasteiger partial charge on any atom is -0.483 e. The van der Waals surface area contributed by atoms with E-state index in [9.17, 15) is 9.59 Å². The highest BCUT2D eigenvalue weighted by Gasteiger charge is 2.17. The summed E-state index contributed by atoms with van der Waals surface area (Å²) in [4.78, 5) is 23.3. The van der Waals surface area contributed by atoms with Crippen molar-refractivity contribution in [2.45, 2.75) is 13.0 Å². The van der Waals surface area contributed by atoms with Crippen LogP contribution >= 0.6 is 11.6 Å². The van der Waals surface area contributed by atoms with Crippen LogP contribution in [0.15, 0.2) is 48.5 Å². The predicted octanol–water partition coefficient (Wildman–Crippen LogP) is 3.09. The minimum atomic E-state index is -0.686. The molecule has 0 saturated carbocycles. The number of benzene rings is 2. The molecule has 21 heavy (non-hydrogen) atoms. The second kappa shape index (κ2) is 6.41. The average molecular weight is 304 g/mol. The fraction of sp³-hybridized carbons (Fsp3) is 0.125. The van der Waals surface area contributed by atoms with Crippen LogP contribution in [0.5, 0.6) is 5.75 Å². The Morgan fingerprint density at radius 3 is 2.38 bits per heavy atom. The lowest BCUT2D eigenvalue weighted by atomic mass is 10.1. The number of hydrogen-bond donors (Lipinski definition) is 1. The molecular formula is C16H14ClNO3. The largest absolute Gasteiger partial charge is 0.483 e. The van der Waals surface area contributed by atoms with Crippen LogP contribution in [-0.4, -0.2) is 17.8 Å². The minimum absolute atomic E-state index is 0.170. The Kier molecular flexibility index (Phi) is 4.60. The number of ether oxygens (including phenoxy) is 1. The van der Waals surface area contributed by atoms with Crippen molar-refractivity contribution >= 4 is 23.3 Å². The zero-order valence-electron chi connectivity index (χ0n) is 11.4. The van der Waals surface area contributed by atoms with Crippen LogP contribution < -0.4 is 10.5 Å². The summed E-state index contributed by atoms with van der Waals surface area (Å²) in [6.45, 7) is 1.65. The summed E-state index contributed by atoms with van der Waals surface area (Å²) in [5.41, 5.74) is 6.05. The number of ketones is 1. The van der Waals surface area contributed by atoms with Crippen LogP contribution in [0.4, 0.5) is 0 Å². The van der Waals surface area contributed by atoms with Crippen LogP contribution in [0.2, 0.25) is 5.02 Å². The van der Waals surface area contributed by atoms with E-state index in [0.717, 1.165) is 0 Å². The highest BCUT2D eigenvalue weighted by Crippen LogP contribution is 2.17. The lowest BCUT2D eigenvalue weighted by Gasteiger charge is -2.14. The van der Waals surface area contributed by atoms with Gasteiger partial charge < -0.3 is 10.5 Å². The van der Waals surface area contributed by atoms with Crippen molar-refractivity contribution in [2.24, 2.45) is 5.73 Å². The quantitative estimate of drug-likeness (QED) is 0.863. The summed E-state index contributed by atoms with van der Waals surface area (Å²) in [7, 11) is 0. The summed E-state index contributed by atoms with van der Waals surface area (Å²) in [6, 6.07) is 13.0. The molecule has 1 amide bonds. The average Bonchev–Trinajstić information content (AvgIpc) is 2.47. The number of halogens is 1. The van der Waals surface area contributed by atoms with E-state index in [4.69, 9.17) is 22.1 Å². The van der Waals surface area contributed by atoms with E-state index in [0.29, 0.717) is 21.9 Å². The van der Waals surface area contributed by atoms with Crippen molar-refractivity contribution in [1.82, 2.24) is 0 Å². The lowest BCUT2D eigenvalue weighted by molar-refractivity contribution is 0.0818. The maximum Gasteiger partial charge on any atom is 0.248 e. The Morgan fingerprint density at radius 1 is 1.10 bits per heavy atom. The number of rotatable bonds is 5. The number of amides is 1. The number of nitrogens with two attached hydrogens (primary N) is 1. The fourth-order valence-corrected chi connectivity index (χ4v) is 1.96. The normalized spacial score (nSPS) is 11.7. The smallest absolute Gasteiger partial charge is 0.248 e. The number of carbonyl (C=O) groups excluding carboxylic acids is 2. The van der Waals surface area contributed by atoms with Gasteiger partial charge in [-0.25, -0.2) is 0 Å². The Bertz CT molecular complexity index is 667. The van der Waals surface area contributed by atoms with Crippen LogP contribution in [0.25, 0.3) is 0 Å². The standard InChI is InChI=1S/C16H14ClNO3/c1-10(15(19)11-5-7-13(17)8-6-11)21-14-4-2-3-12(9-14)16(18)20/h2-10H,1H3,(H2,18,20). The van der Waals surface area contributed by atoms with E-state index in [1.807, 2.05) is 0 Å². The second-order valence-corrected chi connectivity index (χ2v) is 4.96. The van der Waals surface area contributed by atoms with Crippen molar-refractivity contribution < 1.29 is 14.3 Å². The third-order valence-corrected chi connectivity index (χ3v) is 3.18. The molecule has 4 nitrogen and oxygen atoms in total. The van der Waals surface area contributed by atoms with Crippen LogP contribution in [0, 0.1) is 0 Å². The first-order valence-electron chi connectivity index (χ1n) is 6.33. The Balaban J connectivity index is 2.12. The summed E-state index contributed by atoms with van der Waals surface area (Å²) >= 11 is 5.79. The van der Waals surface area contributed by atoms with Gasteiger partial charge in [-0.15, -0.1) is 0 Å². The first-order chi connectivity index (χ1) is 9.97. The van der Waals surface area contributed by atoms with Gasteiger partial charge in [0, 0.05) is 16.1 Å². The molecule has 2 aromatic rings. The first-order valence-corrected chi connectivity index (χ1v) is 6.71. The zero-order valence-corrected chi connectivity index (χ0v) is 12.1. The summed E-state index contributed by atoms with van der Waals surface area (Å²) in [5.74, 6) is -0.297. The number of primary amides is 1. The van der Waals surface area contributed by atoms with Gasteiger partial charge in [0.25, 0.3) is 0 Å². The molecule has 0 aliphatic heterocycles. The van der Waals surface area contributed by atoms with Crippen molar-refractivity contribution in [3.8, 4) is 5.75 Å². The fourth-order valence-electron chi connectivity index (χ4n) is 1.83. The summed E-state index contributed by atoms with van der Waals surface area (Å²) < 4.78 is 5.56. The highest BCUT2D eigenvalue weighted by molar-refractivity contribution is 6.30. The molecule has 0 spiro atoms. The summed E-state index contributed by atoms with van der Waals surface area (Å²) in [5, 5.41) is 0.564. The molecule has 1 unspecified atom stereocenters. The number of Topliss-reactive ketones (excluding diaryl/α,β-unsaturated/α-hetero) is 1. The van der Waals surface area contributed by atoms with Crippen LogP contribution in [-0.2, 0) is 0 Å². The number of hydrogen-bond acceptors (Lipinski definition) is 3. The van der Waals surface area contributed by atoms with E-state index in [2.05, 4.69) is 0 Å². The molecule has 1 atom stereocenters. The maximum absolute atomic E-state index is 12.2. The molecule has 0 aliphatic carbocycles. The molecular weight excluding hydrogens is 290 g/mol. The predicted molar refractivity (Wildman–Crippen MR) is 80.8 cm³/mol. The van der Waals surface area contributed by atoms with Crippen molar-refractivity contribution in [3.05, 3.63) is 64.7 Å². The molecule has 2 rings (SSSR count). The molecule has 0 aromatic heterocycles. The molecule has 2 N–H and O–H groups in total. The van der Waals surface area contributed by atoms with Gasteiger partial charge in [-0.3, -0.25) is 9.59 Å². The second-order valence-electron chi connectivity index (χ2n) is 4.52. The monoisotopic (exact) mass is 303 g/mol. The van der Waals surface area contributed by atoms with E-state index < -0.39 is 12.0 Å². The third-order valence-electron chi connectivity index (χ3n) is 2.93. The molecule has 5 heteroatoms. The molecule has 0 radical (unpaired) electrons. The molecule has 0 saturated heterocycles. The van der Waals surface area contributed by atoms with Gasteiger partial charge in [-0.05, 0) is 49.4 Å². The molecule has 0 bridgehead atoms. The van der Waals surface area contributed by atoms with E-state index in [-0.39, 0.29) is 5.78 Å². The van der Waals surface area contributed by atoms with Gasteiger partial charge in [0.15, 0.2) is 6.10 Å². The van der Waals surface area contributed by atoms with E-state index in [1.54, 1.807) is 49.4 Å². The Hall–Kier alpha value is -2.33. The third kappa shape index (κ3) is 3.83. The molecule has 0 heterocycles. The Morgan fingerprint density at radius 2 is 1.76 bits per heavy atom. The van der Waals surface area contributed by atoms with Crippen LogP contribution in [0.1, 0.15) is 27.6 Å². The lowest BCUT2D eigenvalue weighted by Crippen LogP contribution is -2.24. The SMILES string of the molecule is CC(Oc1cccc(C(N)=O)c1)C(=O)c1ccc(Cl)cc1. The summed E-state index contributed by atoms with van der Waals surface area (Å²) in [6.07, 6.45) is -0.686.